The predicted octanol–water partition coefficient (Wildman–Crippen LogP) is 4.12. The van der Waals surface area contributed by atoms with E-state index in [1.54, 1.807) is 0 Å². The molecular weight excluding hydrogens is 282 g/mol. The summed E-state index contributed by atoms with van der Waals surface area (Å²) in [6, 6.07) is 10.1. The quantitative estimate of drug-likeness (QED) is 0.720. The van der Waals surface area contributed by atoms with Crippen molar-refractivity contribution in [2.24, 2.45) is 0 Å². The lowest BCUT2D eigenvalue weighted by Crippen LogP contribution is -1.98. The number of nitrogen functional groups attached to an aromatic ring is 1. The van der Waals surface area contributed by atoms with E-state index in [0.29, 0.717) is 11.0 Å². The number of nitrogens with zero attached hydrogens (tertiary/aromatic N) is 2. The van der Waals surface area contributed by atoms with Crippen LogP contribution in [0.1, 0.15) is 19.8 Å². The molecule has 0 unspecified atom stereocenters. The lowest BCUT2D eigenvalue weighted by molar-refractivity contribution is 0.298. The van der Waals surface area contributed by atoms with Crippen LogP contribution >= 0.6 is 11.3 Å². The van der Waals surface area contributed by atoms with Gasteiger partial charge in [0.1, 0.15) is 0 Å². The van der Waals surface area contributed by atoms with Gasteiger partial charge < -0.3 is 10.5 Å². The second-order valence-corrected chi connectivity index (χ2v) is 5.88. The molecule has 0 amide bonds. The van der Waals surface area contributed by atoms with E-state index in [1.807, 2.05) is 30.5 Å². The van der Waals surface area contributed by atoms with Gasteiger partial charge in [-0.1, -0.05) is 30.7 Å². The third-order valence-electron chi connectivity index (χ3n) is 3.22. The minimum Gasteiger partial charge on any atom is -0.478 e. The Labute approximate surface area is 127 Å². The molecule has 0 aliphatic rings. The van der Waals surface area contributed by atoms with E-state index < -0.39 is 0 Å². The van der Waals surface area contributed by atoms with Crippen molar-refractivity contribution in [3.8, 4) is 17.0 Å². The summed E-state index contributed by atoms with van der Waals surface area (Å²) in [5.41, 5.74) is 8.85. The summed E-state index contributed by atoms with van der Waals surface area (Å²) in [5, 5.41) is 0.597. The summed E-state index contributed by atoms with van der Waals surface area (Å²) in [6.45, 7) is 2.86. The molecule has 0 bridgehead atoms. The van der Waals surface area contributed by atoms with Crippen molar-refractivity contribution >= 4 is 26.7 Å². The fraction of sp³-hybridized carbons (Fsp3) is 0.250. The standard InChI is InChI=1S/C16H17N3OS/c1-2-3-8-20-15-7-5-12(10-18-15)11-4-6-13-14(9-11)21-16(17)19-13/h4-7,9-10H,2-3,8H2,1H3,(H2,17,19). The molecule has 0 atom stereocenters. The van der Waals surface area contributed by atoms with Crippen LogP contribution in [-0.2, 0) is 0 Å². The number of rotatable bonds is 5. The van der Waals surface area contributed by atoms with Crippen molar-refractivity contribution in [1.82, 2.24) is 9.97 Å². The minimum atomic E-state index is 0.597. The Balaban J connectivity index is 1.81. The molecule has 2 N–H and O–H groups in total. The van der Waals surface area contributed by atoms with Gasteiger partial charge in [0.05, 0.1) is 16.8 Å². The third-order valence-corrected chi connectivity index (χ3v) is 4.07. The molecule has 0 aliphatic heterocycles. The van der Waals surface area contributed by atoms with Crippen molar-refractivity contribution in [2.45, 2.75) is 19.8 Å². The predicted molar refractivity (Wildman–Crippen MR) is 87.7 cm³/mol. The topological polar surface area (TPSA) is 61.0 Å². The van der Waals surface area contributed by atoms with Crippen LogP contribution in [0.4, 0.5) is 5.13 Å². The smallest absolute Gasteiger partial charge is 0.213 e. The highest BCUT2D eigenvalue weighted by Gasteiger charge is 2.05. The van der Waals surface area contributed by atoms with Crippen LogP contribution in [0.5, 0.6) is 5.88 Å². The second-order valence-electron chi connectivity index (χ2n) is 4.82. The number of hydrogen-bond acceptors (Lipinski definition) is 5. The van der Waals surface area contributed by atoms with Crippen molar-refractivity contribution in [2.75, 3.05) is 12.3 Å². The van der Waals surface area contributed by atoms with Gasteiger partial charge in [0.2, 0.25) is 5.88 Å². The third kappa shape index (κ3) is 3.13. The molecule has 2 heterocycles. The summed E-state index contributed by atoms with van der Waals surface area (Å²) in [4.78, 5) is 8.62. The van der Waals surface area contributed by atoms with E-state index in [-0.39, 0.29) is 0 Å². The lowest BCUT2D eigenvalue weighted by Gasteiger charge is -2.05. The Morgan fingerprint density at radius 3 is 2.81 bits per heavy atom. The van der Waals surface area contributed by atoms with E-state index in [2.05, 4.69) is 23.0 Å². The molecule has 2 aromatic heterocycles. The van der Waals surface area contributed by atoms with Gasteiger partial charge in [0.25, 0.3) is 0 Å². The van der Waals surface area contributed by atoms with Crippen LogP contribution in [0.2, 0.25) is 0 Å². The Morgan fingerprint density at radius 2 is 2.05 bits per heavy atom. The summed E-state index contributed by atoms with van der Waals surface area (Å²) in [7, 11) is 0. The maximum atomic E-state index is 5.74. The number of unbranched alkanes of at least 4 members (excludes halogenated alkanes) is 1. The van der Waals surface area contributed by atoms with Gasteiger partial charge >= 0.3 is 0 Å². The summed E-state index contributed by atoms with van der Waals surface area (Å²) in [5.74, 6) is 0.676. The molecule has 0 fully saturated rings. The normalized spacial score (nSPS) is 10.9. The Bertz CT molecular complexity index is 737. The number of nitrogens with two attached hydrogens (primary N) is 1. The van der Waals surface area contributed by atoms with E-state index in [9.17, 15) is 0 Å². The van der Waals surface area contributed by atoms with Gasteiger partial charge in [-0.15, -0.1) is 0 Å². The fourth-order valence-electron chi connectivity index (χ4n) is 2.08. The molecule has 21 heavy (non-hydrogen) atoms. The number of hydrogen-bond donors (Lipinski definition) is 1. The number of thiazole rings is 1. The van der Waals surface area contributed by atoms with E-state index in [1.165, 1.54) is 11.3 Å². The molecule has 0 spiro atoms. The second kappa shape index (κ2) is 6.10. The molecule has 0 saturated carbocycles. The van der Waals surface area contributed by atoms with Crippen LogP contribution in [0.15, 0.2) is 36.5 Å². The molecular formula is C16H17N3OS. The largest absolute Gasteiger partial charge is 0.478 e. The van der Waals surface area contributed by atoms with Gasteiger partial charge in [-0.2, -0.15) is 0 Å². The molecule has 0 aliphatic carbocycles. The molecule has 3 rings (SSSR count). The number of fused-ring (bicyclic) bond motifs is 1. The molecule has 0 saturated heterocycles. The number of anilines is 1. The van der Waals surface area contributed by atoms with Crippen molar-refractivity contribution in [3.05, 3.63) is 36.5 Å². The maximum Gasteiger partial charge on any atom is 0.213 e. The van der Waals surface area contributed by atoms with Crippen molar-refractivity contribution in [1.29, 1.82) is 0 Å². The van der Waals surface area contributed by atoms with Gasteiger partial charge in [-0.25, -0.2) is 9.97 Å². The Hall–Kier alpha value is -2.14. The molecule has 1 aromatic carbocycles. The first-order valence-corrected chi connectivity index (χ1v) is 7.83. The van der Waals surface area contributed by atoms with Crippen LogP contribution in [0.25, 0.3) is 21.3 Å². The monoisotopic (exact) mass is 299 g/mol. The lowest BCUT2D eigenvalue weighted by atomic mass is 10.1. The number of ether oxygens (including phenoxy) is 1. The average molecular weight is 299 g/mol. The molecule has 3 aromatic rings. The van der Waals surface area contributed by atoms with Gasteiger partial charge in [-0.3, -0.25) is 0 Å². The molecule has 5 heteroatoms. The van der Waals surface area contributed by atoms with Crippen LogP contribution in [0, 0.1) is 0 Å². The van der Waals surface area contributed by atoms with Crippen molar-refractivity contribution < 1.29 is 4.74 Å². The first kappa shape index (κ1) is 13.8. The Morgan fingerprint density at radius 1 is 1.19 bits per heavy atom. The SMILES string of the molecule is CCCCOc1ccc(-c2ccc3nc(N)sc3c2)cn1. The highest BCUT2D eigenvalue weighted by Crippen LogP contribution is 2.29. The molecule has 0 radical (unpaired) electrons. The summed E-state index contributed by atoms with van der Waals surface area (Å²) < 4.78 is 6.67. The van der Waals surface area contributed by atoms with E-state index >= 15 is 0 Å². The maximum absolute atomic E-state index is 5.74. The zero-order valence-corrected chi connectivity index (χ0v) is 12.7. The van der Waals surface area contributed by atoms with Gasteiger partial charge in [0, 0.05) is 17.8 Å². The zero-order valence-electron chi connectivity index (χ0n) is 11.9. The Kier molecular flexibility index (Phi) is 4.01. The highest BCUT2D eigenvalue weighted by molar-refractivity contribution is 7.22. The summed E-state index contributed by atoms with van der Waals surface area (Å²) >= 11 is 1.50. The molecule has 4 nitrogen and oxygen atoms in total. The first-order chi connectivity index (χ1) is 10.3. The average Bonchev–Trinajstić information content (AvgIpc) is 2.87. The van der Waals surface area contributed by atoms with E-state index in [0.717, 1.165) is 40.8 Å². The van der Waals surface area contributed by atoms with Crippen LogP contribution in [-0.4, -0.2) is 16.6 Å². The first-order valence-electron chi connectivity index (χ1n) is 7.01. The number of aromatic nitrogens is 2. The highest BCUT2D eigenvalue weighted by atomic mass is 32.1. The fourth-order valence-corrected chi connectivity index (χ4v) is 2.85. The van der Waals surface area contributed by atoms with Crippen LogP contribution in [0.3, 0.4) is 0 Å². The molecule has 108 valence electrons. The minimum absolute atomic E-state index is 0.597. The number of pyridine rings is 1. The van der Waals surface area contributed by atoms with Gasteiger partial charge in [0.15, 0.2) is 5.13 Å². The summed E-state index contributed by atoms with van der Waals surface area (Å²) in [6.07, 6.45) is 4.01. The zero-order chi connectivity index (χ0) is 14.7. The number of benzene rings is 1. The van der Waals surface area contributed by atoms with E-state index in [4.69, 9.17) is 10.5 Å². The van der Waals surface area contributed by atoms with Gasteiger partial charge in [-0.05, 0) is 30.2 Å². The van der Waals surface area contributed by atoms with Crippen LogP contribution < -0.4 is 10.5 Å². The van der Waals surface area contributed by atoms with Crippen molar-refractivity contribution in [3.63, 3.8) is 0 Å².